The first-order valence-corrected chi connectivity index (χ1v) is 13.0. The van der Waals surface area contributed by atoms with E-state index in [4.69, 9.17) is 35.4 Å². The number of hydrogen-bond donors (Lipinski definition) is 1. The molecule has 1 aliphatic heterocycles. The number of hydrogen-bond acceptors (Lipinski definition) is 3. The normalized spacial score (nSPS) is 15.1. The molecule has 38 heavy (non-hydrogen) atoms. The fourth-order valence-corrected chi connectivity index (χ4v) is 5.41. The summed E-state index contributed by atoms with van der Waals surface area (Å²) in [6.07, 6.45) is 3.56. The highest BCUT2D eigenvalue weighted by atomic mass is 35.5. The number of rotatable bonds is 4. The Balaban J connectivity index is 1.41. The molecule has 0 radical (unpaired) electrons. The van der Waals surface area contributed by atoms with E-state index < -0.39 is 11.8 Å². The highest BCUT2D eigenvalue weighted by Crippen LogP contribution is 2.35. The fraction of sp³-hybridized carbons (Fsp3) is 0.0333. The minimum Gasteiger partial charge on any atom is -0.342 e. The average molecular weight is 556 g/mol. The second-order valence-electron chi connectivity index (χ2n) is 8.94. The van der Waals surface area contributed by atoms with Gasteiger partial charge in [-0.15, -0.1) is 0 Å². The largest absolute Gasteiger partial charge is 0.342 e. The Morgan fingerprint density at radius 2 is 1.63 bits per heavy atom. The lowest BCUT2D eigenvalue weighted by Gasteiger charge is -2.29. The van der Waals surface area contributed by atoms with E-state index in [0.29, 0.717) is 12.2 Å². The lowest BCUT2D eigenvalue weighted by Crippen LogP contribution is -2.54. The summed E-state index contributed by atoms with van der Waals surface area (Å²) >= 11 is 17.9. The Morgan fingerprint density at radius 3 is 2.47 bits per heavy atom. The van der Waals surface area contributed by atoms with E-state index in [1.807, 2.05) is 42.6 Å². The summed E-state index contributed by atoms with van der Waals surface area (Å²) in [5, 5.41) is 6.27. The Kier molecular flexibility index (Phi) is 6.24. The lowest BCUT2D eigenvalue weighted by molar-refractivity contribution is -0.122. The van der Waals surface area contributed by atoms with Gasteiger partial charge in [0.2, 0.25) is 0 Å². The van der Waals surface area contributed by atoms with Crippen molar-refractivity contribution >= 4 is 85.8 Å². The summed E-state index contributed by atoms with van der Waals surface area (Å²) in [6.45, 7) is 0.628. The predicted molar refractivity (Wildman–Crippen MR) is 158 cm³/mol. The van der Waals surface area contributed by atoms with Gasteiger partial charge in [-0.05, 0) is 58.9 Å². The standard InChI is InChI=1S/C30H19Cl2N3O2S/c31-24-9-5-11-26(27(24)32)35-29(37)23(28(36)33-30(35)38)15-21-17-34(25-10-4-3-8-22(21)25)16-18-12-13-19-6-1-2-7-20(19)14-18/h1-15,17H,16H2,(H,33,36,38)/b23-15+. The lowest BCUT2D eigenvalue weighted by atomic mass is 10.1. The number of nitrogens with zero attached hydrogens (tertiary/aromatic N) is 2. The molecule has 0 aliphatic carbocycles. The fourth-order valence-electron chi connectivity index (χ4n) is 4.75. The Bertz CT molecular complexity index is 1830. The number of para-hydroxylation sites is 1. The number of halogens is 2. The number of fused-ring (bicyclic) bond motifs is 2. The molecule has 0 atom stereocenters. The van der Waals surface area contributed by atoms with Crippen molar-refractivity contribution in [2.75, 3.05) is 4.90 Å². The van der Waals surface area contributed by atoms with E-state index in [2.05, 4.69) is 40.2 Å². The third kappa shape index (κ3) is 4.27. The number of carbonyl (C=O) groups is 2. The molecular formula is C30H19Cl2N3O2S. The molecule has 0 spiro atoms. The van der Waals surface area contributed by atoms with Crippen molar-refractivity contribution in [2.45, 2.75) is 6.54 Å². The van der Waals surface area contributed by atoms with Crippen LogP contribution in [0.15, 0.2) is 96.7 Å². The predicted octanol–water partition coefficient (Wildman–Crippen LogP) is 6.98. The molecule has 0 unspecified atom stereocenters. The van der Waals surface area contributed by atoms with Crippen LogP contribution < -0.4 is 10.2 Å². The highest BCUT2D eigenvalue weighted by Gasteiger charge is 2.36. The van der Waals surface area contributed by atoms with Crippen molar-refractivity contribution in [3.05, 3.63) is 118 Å². The maximum Gasteiger partial charge on any atom is 0.270 e. The molecule has 8 heteroatoms. The van der Waals surface area contributed by atoms with Crippen LogP contribution in [0.25, 0.3) is 27.8 Å². The van der Waals surface area contributed by atoms with Crippen molar-refractivity contribution in [2.24, 2.45) is 0 Å². The van der Waals surface area contributed by atoms with Gasteiger partial charge >= 0.3 is 0 Å². The minimum atomic E-state index is -0.575. The molecule has 1 saturated heterocycles. The van der Waals surface area contributed by atoms with Crippen LogP contribution in [0, 0.1) is 0 Å². The van der Waals surface area contributed by atoms with Crippen LogP contribution in [0.5, 0.6) is 0 Å². The zero-order valence-corrected chi connectivity index (χ0v) is 22.1. The smallest absolute Gasteiger partial charge is 0.270 e. The van der Waals surface area contributed by atoms with E-state index in [1.165, 1.54) is 15.7 Å². The van der Waals surface area contributed by atoms with Crippen molar-refractivity contribution in [1.29, 1.82) is 0 Å². The molecule has 2 amide bonds. The first-order chi connectivity index (χ1) is 18.4. The SMILES string of the molecule is O=C1NC(=S)N(c2cccc(Cl)c2Cl)C(=O)/C1=C/c1cn(Cc2ccc3ccccc3c2)c2ccccc12. The zero-order valence-electron chi connectivity index (χ0n) is 19.8. The number of aromatic nitrogens is 1. The van der Waals surface area contributed by atoms with E-state index in [1.54, 1.807) is 24.3 Å². The van der Waals surface area contributed by atoms with Crippen molar-refractivity contribution in [3.8, 4) is 0 Å². The number of nitrogens with one attached hydrogen (secondary N) is 1. The summed E-state index contributed by atoms with van der Waals surface area (Å²) in [6, 6.07) is 27.4. The van der Waals surface area contributed by atoms with Crippen LogP contribution in [-0.4, -0.2) is 21.5 Å². The second kappa shape index (κ2) is 9.72. The van der Waals surface area contributed by atoms with Gasteiger partial charge in [-0.2, -0.15) is 0 Å². The van der Waals surface area contributed by atoms with Gasteiger partial charge in [0.15, 0.2) is 5.11 Å². The zero-order chi connectivity index (χ0) is 26.4. The minimum absolute atomic E-state index is 0.0525. The molecule has 0 bridgehead atoms. The van der Waals surface area contributed by atoms with Crippen LogP contribution in [0.2, 0.25) is 10.0 Å². The van der Waals surface area contributed by atoms with Crippen LogP contribution >= 0.6 is 35.4 Å². The van der Waals surface area contributed by atoms with Gasteiger partial charge < -0.3 is 4.57 Å². The van der Waals surface area contributed by atoms with E-state index in [-0.39, 0.29) is 20.7 Å². The first-order valence-electron chi connectivity index (χ1n) is 11.8. The number of carbonyl (C=O) groups excluding carboxylic acids is 2. The molecule has 6 rings (SSSR count). The summed E-state index contributed by atoms with van der Waals surface area (Å²) in [7, 11) is 0. The van der Waals surface area contributed by atoms with Crippen molar-refractivity contribution in [1.82, 2.24) is 9.88 Å². The van der Waals surface area contributed by atoms with Crippen LogP contribution in [-0.2, 0) is 16.1 Å². The number of thiocarbonyl (C=S) groups is 1. The maximum atomic E-state index is 13.6. The third-order valence-corrected chi connectivity index (χ3v) is 7.65. The molecule has 2 heterocycles. The Labute approximate surface area is 233 Å². The van der Waals surface area contributed by atoms with Gasteiger partial charge in [0.1, 0.15) is 5.57 Å². The van der Waals surface area contributed by atoms with Gasteiger partial charge in [0, 0.05) is 29.2 Å². The molecule has 186 valence electrons. The van der Waals surface area contributed by atoms with Crippen molar-refractivity contribution < 1.29 is 9.59 Å². The van der Waals surface area contributed by atoms with Gasteiger partial charge in [0.05, 0.1) is 15.7 Å². The Hall–Kier alpha value is -3.97. The number of anilines is 1. The molecular weight excluding hydrogens is 537 g/mol. The van der Waals surface area contributed by atoms with Crippen LogP contribution in [0.4, 0.5) is 5.69 Å². The highest BCUT2D eigenvalue weighted by molar-refractivity contribution is 7.80. The van der Waals surface area contributed by atoms with Crippen LogP contribution in [0.1, 0.15) is 11.1 Å². The molecule has 5 nitrogen and oxygen atoms in total. The average Bonchev–Trinajstić information content (AvgIpc) is 3.25. The molecule has 1 aliphatic rings. The van der Waals surface area contributed by atoms with Gasteiger partial charge in [-0.3, -0.25) is 19.8 Å². The van der Waals surface area contributed by atoms with E-state index in [0.717, 1.165) is 22.0 Å². The molecule has 4 aromatic carbocycles. The summed E-state index contributed by atoms with van der Waals surface area (Å²) in [5.41, 5.74) is 3.12. The molecule has 0 saturated carbocycles. The molecule has 1 fully saturated rings. The Morgan fingerprint density at radius 1 is 0.868 bits per heavy atom. The second-order valence-corrected chi connectivity index (χ2v) is 10.1. The van der Waals surface area contributed by atoms with E-state index >= 15 is 0 Å². The molecule has 1 aromatic heterocycles. The third-order valence-electron chi connectivity index (χ3n) is 6.56. The van der Waals surface area contributed by atoms with E-state index in [9.17, 15) is 9.59 Å². The maximum absolute atomic E-state index is 13.6. The van der Waals surface area contributed by atoms with Crippen molar-refractivity contribution in [3.63, 3.8) is 0 Å². The van der Waals surface area contributed by atoms with Gasteiger partial charge in [-0.25, -0.2) is 0 Å². The van der Waals surface area contributed by atoms with Gasteiger partial charge in [0.25, 0.3) is 11.8 Å². The van der Waals surface area contributed by atoms with Crippen LogP contribution in [0.3, 0.4) is 0 Å². The summed E-state index contributed by atoms with van der Waals surface area (Å²) in [4.78, 5) is 27.7. The summed E-state index contributed by atoms with van der Waals surface area (Å²) in [5.74, 6) is -1.14. The number of benzene rings is 4. The molecule has 5 aromatic rings. The summed E-state index contributed by atoms with van der Waals surface area (Å²) < 4.78 is 2.12. The topological polar surface area (TPSA) is 54.3 Å². The quantitative estimate of drug-likeness (QED) is 0.148. The van der Waals surface area contributed by atoms with Gasteiger partial charge in [-0.1, -0.05) is 83.9 Å². The number of amides is 2. The first kappa shape index (κ1) is 24.4. The monoisotopic (exact) mass is 555 g/mol. The molecule has 1 N–H and O–H groups in total.